The van der Waals surface area contributed by atoms with Crippen molar-refractivity contribution in [2.75, 3.05) is 6.61 Å². The van der Waals surface area contributed by atoms with E-state index >= 15 is 0 Å². The molecule has 0 bridgehead atoms. The van der Waals surface area contributed by atoms with Gasteiger partial charge in [-0.1, -0.05) is 6.07 Å². The molecule has 1 aromatic rings. The van der Waals surface area contributed by atoms with Gasteiger partial charge in [-0.3, -0.25) is 0 Å². The van der Waals surface area contributed by atoms with E-state index in [1.54, 1.807) is 19.1 Å². The number of rotatable bonds is 3. The van der Waals surface area contributed by atoms with Gasteiger partial charge in [0, 0.05) is 4.47 Å². The van der Waals surface area contributed by atoms with Crippen molar-refractivity contribution in [3.63, 3.8) is 0 Å². The van der Waals surface area contributed by atoms with Gasteiger partial charge >= 0.3 is 11.9 Å². The molecule has 1 rings (SSSR count). The summed E-state index contributed by atoms with van der Waals surface area (Å²) >= 11 is 3.12. The van der Waals surface area contributed by atoms with E-state index in [0.717, 1.165) is 0 Å². The first-order chi connectivity index (χ1) is 7.07. The predicted octanol–water partition coefficient (Wildman–Crippen LogP) is 2.32. The molecule has 0 spiro atoms. The fourth-order valence-corrected chi connectivity index (χ4v) is 1.64. The van der Waals surface area contributed by atoms with Crippen molar-refractivity contribution in [2.45, 2.75) is 6.92 Å². The normalized spacial score (nSPS) is 9.73. The average molecular weight is 273 g/mol. The molecule has 1 aromatic carbocycles. The maximum atomic E-state index is 11.5. The van der Waals surface area contributed by atoms with Crippen LogP contribution in [0.15, 0.2) is 22.7 Å². The third-order valence-electron chi connectivity index (χ3n) is 1.72. The number of hydrogen-bond acceptors (Lipinski definition) is 3. The number of carboxylic acids is 1. The first kappa shape index (κ1) is 11.7. The standard InChI is InChI=1S/C10H9BrO4/c1-2-15-10(14)8-6(9(12)13)4-3-5-7(8)11/h3-5H,2H2,1H3,(H,12,13). The van der Waals surface area contributed by atoms with Crippen LogP contribution >= 0.6 is 15.9 Å². The van der Waals surface area contributed by atoms with Crippen molar-refractivity contribution >= 4 is 27.9 Å². The number of ether oxygens (including phenoxy) is 1. The van der Waals surface area contributed by atoms with E-state index in [9.17, 15) is 9.59 Å². The van der Waals surface area contributed by atoms with Gasteiger partial charge in [0.25, 0.3) is 0 Å². The van der Waals surface area contributed by atoms with Gasteiger partial charge in [-0.25, -0.2) is 9.59 Å². The van der Waals surface area contributed by atoms with E-state index < -0.39 is 11.9 Å². The molecule has 0 radical (unpaired) electrons. The van der Waals surface area contributed by atoms with Crippen molar-refractivity contribution in [3.05, 3.63) is 33.8 Å². The van der Waals surface area contributed by atoms with Crippen LogP contribution in [0.3, 0.4) is 0 Å². The Labute approximate surface area is 95.0 Å². The average Bonchev–Trinajstić information content (AvgIpc) is 2.17. The second kappa shape index (κ2) is 4.93. The molecule has 0 fully saturated rings. The van der Waals surface area contributed by atoms with Crippen LogP contribution in [0.4, 0.5) is 0 Å². The maximum absolute atomic E-state index is 11.5. The number of carbonyl (C=O) groups excluding carboxylic acids is 1. The number of esters is 1. The Balaban J connectivity index is 3.24. The number of benzene rings is 1. The van der Waals surface area contributed by atoms with Crippen LogP contribution in [0.5, 0.6) is 0 Å². The molecule has 0 aliphatic carbocycles. The predicted molar refractivity (Wildman–Crippen MR) is 57.1 cm³/mol. The highest BCUT2D eigenvalue weighted by Crippen LogP contribution is 2.21. The molecule has 0 saturated heterocycles. The van der Waals surface area contributed by atoms with E-state index in [-0.39, 0.29) is 17.7 Å². The van der Waals surface area contributed by atoms with Gasteiger partial charge in [-0.15, -0.1) is 0 Å². The summed E-state index contributed by atoms with van der Waals surface area (Å²) in [6.07, 6.45) is 0. The summed E-state index contributed by atoms with van der Waals surface area (Å²) in [7, 11) is 0. The number of halogens is 1. The Bertz CT molecular complexity index is 400. The third-order valence-corrected chi connectivity index (χ3v) is 2.38. The van der Waals surface area contributed by atoms with Crippen LogP contribution in [-0.2, 0) is 4.74 Å². The number of carboxylic acid groups (broad SMARTS) is 1. The minimum absolute atomic E-state index is 0.0480. The van der Waals surface area contributed by atoms with Gasteiger partial charge in [-0.05, 0) is 35.0 Å². The molecule has 15 heavy (non-hydrogen) atoms. The molecular weight excluding hydrogens is 264 g/mol. The monoisotopic (exact) mass is 272 g/mol. The lowest BCUT2D eigenvalue weighted by molar-refractivity contribution is 0.0513. The summed E-state index contributed by atoms with van der Waals surface area (Å²) in [5.74, 6) is -1.79. The first-order valence-electron chi connectivity index (χ1n) is 4.26. The zero-order valence-electron chi connectivity index (χ0n) is 7.99. The zero-order valence-corrected chi connectivity index (χ0v) is 9.58. The Morgan fingerprint density at radius 1 is 1.47 bits per heavy atom. The maximum Gasteiger partial charge on any atom is 0.340 e. The molecule has 0 aromatic heterocycles. The summed E-state index contributed by atoms with van der Waals surface area (Å²) in [6, 6.07) is 4.51. The van der Waals surface area contributed by atoms with E-state index in [1.807, 2.05) is 0 Å². The van der Waals surface area contributed by atoms with Gasteiger partial charge in [-0.2, -0.15) is 0 Å². The van der Waals surface area contributed by atoms with Gasteiger partial charge in [0.05, 0.1) is 17.7 Å². The molecule has 0 unspecified atom stereocenters. The van der Waals surface area contributed by atoms with Crippen molar-refractivity contribution < 1.29 is 19.4 Å². The fraction of sp³-hybridized carbons (Fsp3) is 0.200. The van der Waals surface area contributed by atoms with Crippen LogP contribution in [-0.4, -0.2) is 23.7 Å². The lowest BCUT2D eigenvalue weighted by Gasteiger charge is -2.07. The minimum atomic E-state index is -1.15. The molecule has 0 saturated carbocycles. The molecule has 5 heteroatoms. The molecule has 0 amide bonds. The quantitative estimate of drug-likeness (QED) is 0.858. The Kier molecular flexibility index (Phi) is 3.85. The minimum Gasteiger partial charge on any atom is -0.478 e. The Morgan fingerprint density at radius 3 is 2.67 bits per heavy atom. The van der Waals surface area contributed by atoms with E-state index in [4.69, 9.17) is 9.84 Å². The van der Waals surface area contributed by atoms with Crippen LogP contribution in [0.2, 0.25) is 0 Å². The number of aromatic carboxylic acids is 1. The van der Waals surface area contributed by atoms with E-state index in [0.29, 0.717) is 4.47 Å². The number of hydrogen-bond donors (Lipinski definition) is 1. The summed E-state index contributed by atoms with van der Waals surface area (Å²) in [5, 5.41) is 8.88. The molecular formula is C10H9BrO4. The molecule has 0 aliphatic heterocycles. The van der Waals surface area contributed by atoms with Gasteiger partial charge < -0.3 is 9.84 Å². The van der Waals surface area contributed by atoms with Crippen molar-refractivity contribution in [2.24, 2.45) is 0 Å². The third kappa shape index (κ3) is 2.56. The molecule has 0 atom stereocenters. The van der Waals surface area contributed by atoms with Gasteiger partial charge in [0.1, 0.15) is 0 Å². The highest BCUT2D eigenvalue weighted by atomic mass is 79.9. The molecule has 0 aliphatic rings. The highest BCUT2D eigenvalue weighted by Gasteiger charge is 2.20. The lowest BCUT2D eigenvalue weighted by atomic mass is 10.1. The van der Waals surface area contributed by atoms with Crippen LogP contribution in [0.25, 0.3) is 0 Å². The molecule has 80 valence electrons. The molecule has 4 nitrogen and oxygen atoms in total. The van der Waals surface area contributed by atoms with Gasteiger partial charge in [0.2, 0.25) is 0 Å². The zero-order chi connectivity index (χ0) is 11.4. The Morgan fingerprint density at radius 2 is 2.13 bits per heavy atom. The second-order valence-corrected chi connectivity index (χ2v) is 3.54. The largest absolute Gasteiger partial charge is 0.478 e. The number of carbonyl (C=O) groups is 2. The van der Waals surface area contributed by atoms with Crippen LogP contribution < -0.4 is 0 Å². The summed E-state index contributed by atoms with van der Waals surface area (Å²) in [5.41, 5.74) is -0.0188. The van der Waals surface area contributed by atoms with E-state index in [1.165, 1.54) is 6.07 Å². The fourth-order valence-electron chi connectivity index (χ4n) is 1.11. The topological polar surface area (TPSA) is 63.6 Å². The Hall–Kier alpha value is -1.36. The van der Waals surface area contributed by atoms with Crippen molar-refractivity contribution in [3.8, 4) is 0 Å². The second-order valence-electron chi connectivity index (χ2n) is 2.69. The molecule has 0 heterocycles. The summed E-state index contributed by atoms with van der Waals surface area (Å²) < 4.78 is 5.18. The highest BCUT2D eigenvalue weighted by molar-refractivity contribution is 9.10. The van der Waals surface area contributed by atoms with Crippen LogP contribution in [0.1, 0.15) is 27.6 Å². The molecule has 1 N–H and O–H groups in total. The van der Waals surface area contributed by atoms with Crippen molar-refractivity contribution in [1.82, 2.24) is 0 Å². The lowest BCUT2D eigenvalue weighted by Crippen LogP contribution is -2.12. The van der Waals surface area contributed by atoms with Gasteiger partial charge in [0.15, 0.2) is 0 Å². The smallest absolute Gasteiger partial charge is 0.340 e. The van der Waals surface area contributed by atoms with Crippen LogP contribution in [0, 0.1) is 0 Å². The summed E-state index contributed by atoms with van der Waals surface area (Å²) in [4.78, 5) is 22.3. The first-order valence-corrected chi connectivity index (χ1v) is 5.06. The SMILES string of the molecule is CCOC(=O)c1c(Br)cccc1C(=O)O. The van der Waals surface area contributed by atoms with Crippen molar-refractivity contribution in [1.29, 1.82) is 0 Å². The van der Waals surface area contributed by atoms with E-state index in [2.05, 4.69) is 15.9 Å². The summed E-state index contributed by atoms with van der Waals surface area (Å²) in [6.45, 7) is 1.87.